The van der Waals surface area contributed by atoms with Gasteiger partial charge >= 0.3 is 0 Å². The molecule has 3 aromatic rings. The minimum atomic E-state index is -0.160. The number of nitrogens with zero attached hydrogens (tertiary/aromatic N) is 5. The fourth-order valence-electron chi connectivity index (χ4n) is 4.21. The lowest BCUT2D eigenvalue weighted by Crippen LogP contribution is -2.54. The summed E-state index contributed by atoms with van der Waals surface area (Å²) in [7, 11) is 0. The molecule has 0 saturated carbocycles. The van der Waals surface area contributed by atoms with E-state index in [-0.39, 0.29) is 23.7 Å². The standard InChI is InChI=1S/C22H24N6O3/c1-14(27-12-18(13-27)31-17-4-2-3-15(9-17)10-23)20-25-21-19(22(29)26-20)11-24-28(21)16-5-7-30-8-6-16/h2-4,9,11,14,16,18H,5-8,12-13H2,1H3,(H,25,26,29). The van der Waals surface area contributed by atoms with Gasteiger partial charge in [0.05, 0.1) is 29.9 Å². The molecule has 2 fully saturated rings. The molecular formula is C22H24N6O3. The number of benzene rings is 1. The minimum Gasteiger partial charge on any atom is -0.488 e. The minimum absolute atomic E-state index is 0.0413. The molecule has 1 aromatic carbocycles. The van der Waals surface area contributed by atoms with Gasteiger partial charge in [0.1, 0.15) is 23.1 Å². The molecule has 0 amide bonds. The Morgan fingerprint density at radius 2 is 2.13 bits per heavy atom. The zero-order valence-electron chi connectivity index (χ0n) is 17.3. The van der Waals surface area contributed by atoms with Gasteiger partial charge in [0.2, 0.25) is 0 Å². The van der Waals surface area contributed by atoms with Gasteiger partial charge in [-0.15, -0.1) is 0 Å². The summed E-state index contributed by atoms with van der Waals surface area (Å²) in [6.07, 6.45) is 3.39. The molecule has 0 radical (unpaired) electrons. The Kier molecular flexibility index (Phi) is 5.18. The third-order valence-electron chi connectivity index (χ3n) is 6.10. The highest BCUT2D eigenvalue weighted by Gasteiger charge is 2.34. The van der Waals surface area contributed by atoms with Crippen molar-refractivity contribution in [2.75, 3.05) is 26.3 Å². The SMILES string of the molecule is CC(c1nc2c(cnn2C2CCOCC2)c(=O)[nH]1)N1CC(Oc2cccc(C#N)c2)C1. The maximum absolute atomic E-state index is 12.7. The molecule has 1 N–H and O–H groups in total. The van der Waals surface area contributed by atoms with Crippen LogP contribution in [0.5, 0.6) is 5.75 Å². The highest BCUT2D eigenvalue weighted by atomic mass is 16.5. The maximum atomic E-state index is 12.7. The average molecular weight is 420 g/mol. The highest BCUT2D eigenvalue weighted by Crippen LogP contribution is 2.28. The Morgan fingerprint density at radius 1 is 1.32 bits per heavy atom. The number of fused-ring (bicyclic) bond motifs is 1. The first kappa shape index (κ1) is 19.7. The molecule has 2 saturated heterocycles. The van der Waals surface area contributed by atoms with Crippen molar-refractivity contribution in [2.24, 2.45) is 0 Å². The summed E-state index contributed by atoms with van der Waals surface area (Å²) in [5.74, 6) is 1.33. The van der Waals surface area contributed by atoms with E-state index in [1.165, 1.54) is 0 Å². The fourth-order valence-corrected chi connectivity index (χ4v) is 4.21. The van der Waals surface area contributed by atoms with Crippen molar-refractivity contribution in [1.82, 2.24) is 24.6 Å². The van der Waals surface area contributed by atoms with Crippen LogP contribution in [0.15, 0.2) is 35.3 Å². The monoisotopic (exact) mass is 420 g/mol. The van der Waals surface area contributed by atoms with Gasteiger partial charge in [0.15, 0.2) is 5.65 Å². The Morgan fingerprint density at radius 3 is 2.90 bits per heavy atom. The van der Waals surface area contributed by atoms with Gasteiger partial charge in [0.25, 0.3) is 5.56 Å². The summed E-state index contributed by atoms with van der Waals surface area (Å²) in [6, 6.07) is 9.45. The molecule has 0 bridgehead atoms. The maximum Gasteiger partial charge on any atom is 0.262 e. The van der Waals surface area contributed by atoms with Crippen molar-refractivity contribution in [3.05, 3.63) is 52.2 Å². The Bertz CT molecular complexity index is 1180. The normalized spacial score (nSPS) is 19.1. The second-order valence-electron chi connectivity index (χ2n) is 8.13. The second-order valence-corrected chi connectivity index (χ2v) is 8.13. The zero-order valence-corrected chi connectivity index (χ0v) is 17.3. The highest BCUT2D eigenvalue weighted by molar-refractivity contribution is 5.73. The lowest BCUT2D eigenvalue weighted by Gasteiger charge is -2.42. The molecule has 1 unspecified atom stereocenters. The number of aromatic amines is 1. The van der Waals surface area contributed by atoms with Crippen LogP contribution in [0.4, 0.5) is 0 Å². The van der Waals surface area contributed by atoms with Crippen LogP contribution in [0.25, 0.3) is 11.0 Å². The first-order valence-electron chi connectivity index (χ1n) is 10.6. The molecule has 5 rings (SSSR count). The van der Waals surface area contributed by atoms with E-state index in [0.717, 1.165) is 25.9 Å². The van der Waals surface area contributed by atoms with Gasteiger partial charge in [-0.3, -0.25) is 9.69 Å². The van der Waals surface area contributed by atoms with E-state index >= 15 is 0 Å². The predicted octanol–water partition coefficient (Wildman–Crippen LogP) is 2.17. The molecule has 2 aliphatic rings. The molecule has 0 aliphatic carbocycles. The number of rotatable bonds is 5. The third kappa shape index (κ3) is 3.80. The van der Waals surface area contributed by atoms with Crippen molar-refractivity contribution < 1.29 is 9.47 Å². The van der Waals surface area contributed by atoms with E-state index in [1.807, 2.05) is 23.7 Å². The van der Waals surface area contributed by atoms with Gasteiger partial charge in [-0.05, 0) is 38.0 Å². The lowest BCUT2D eigenvalue weighted by atomic mass is 10.1. The third-order valence-corrected chi connectivity index (χ3v) is 6.10. The Labute approximate surface area is 179 Å². The van der Waals surface area contributed by atoms with Gasteiger partial charge in [-0.1, -0.05) is 6.07 Å². The molecule has 9 nitrogen and oxygen atoms in total. The van der Waals surface area contributed by atoms with Crippen LogP contribution < -0.4 is 10.3 Å². The summed E-state index contributed by atoms with van der Waals surface area (Å²) >= 11 is 0. The van der Waals surface area contributed by atoms with Gasteiger partial charge in [-0.2, -0.15) is 10.4 Å². The van der Waals surface area contributed by atoms with E-state index in [9.17, 15) is 4.79 Å². The van der Waals surface area contributed by atoms with E-state index < -0.39 is 0 Å². The number of hydrogen-bond acceptors (Lipinski definition) is 7. The van der Waals surface area contributed by atoms with Gasteiger partial charge in [0, 0.05) is 26.3 Å². The van der Waals surface area contributed by atoms with Crippen molar-refractivity contribution in [1.29, 1.82) is 5.26 Å². The van der Waals surface area contributed by atoms with Crippen molar-refractivity contribution in [2.45, 2.75) is 38.0 Å². The van der Waals surface area contributed by atoms with E-state index in [2.05, 4.69) is 21.1 Å². The number of H-pyrrole nitrogens is 1. The summed E-state index contributed by atoms with van der Waals surface area (Å²) in [5, 5.41) is 14.0. The molecule has 31 heavy (non-hydrogen) atoms. The van der Waals surface area contributed by atoms with Crippen molar-refractivity contribution >= 4 is 11.0 Å². The molecule has 9 heteroatoms. The molecule has 4 heterocycles. The quantitative estimate of drug-likeness (QED) is 0.674. The number of nitrogens with one attached hydrogen (secondary N) is 1. The molecule has 1 atom stereocenters. The van der Waals surface area contributed by atoms with Gasteiger partial charge < -0.3 is 14.5 Å². The number of nitriles is 1. The average Bonchev–Trinajstić information content (AvgIpc) is 3.21. The van der Waals surface area contributed by atoms with Crippen LogP contribution in [0, 0.1) is 11.3 Å². The smallest absolute Gasteiger partial charge is 0.262 e. The lowest BCUT2D eigenvalue weighted by molar-refractivity contribution is -0.00736. The number of hydrogen-bond donors (Lipinski definition) is 1. The van der Waals surface area contributed by atoms with Gasteiger partial charge in [-0.25, -0.2) is 9.67 Å². The van der Waals surface area contributed by atoms with E-state index in [4.69, 9.17) is 19.7 Å². The predicted molar refractivity (Wildman–Crippen MR) is 113 cm³/mol. The van der Waals surface area contributed by atoms with E-state index in [1.54, 1.807) is 18.3 Å². The molecule has 2 aliphatic heterocycles. The van der Waals surface area contributed by atoms with Crippen LogP contribution in [-0.2, 0) is 4.74 Å². The zero-order chi connectivity index (χ0) is 21.4. The van der Waals surface area contributed by atoms with Crippen LogP contribution in [-0.4, -0.2) is 57.1 Å². The Balaban J connectivity index is 1.30. The van der Waals surface area contributed by atoms with Crippen molar-refractivity contribution in [3.8, 4) is 11.8 Å². The Hall–Kier alpha value is -3.22. The number of likely N-dealkylation sites (tertiary alicyclic amines) is 1. The first-order valence-corrected chi connectivity index (χ1v) is 10.6. The summed E-state index contributed by atoms with van der Waals surface area (Å²) in [5.41, 5.74) is 1.06. The molecule has 0 spiro atoms. The molecule has 2 aromatic heterocycles. The van der Waals surface area contributed by atoms with Crippen LogP contribution in [0.2, 0.25) is 0 Å². The summed E-state index contributed by atoms with van der Waals surface area (Å²) in [6.45, 7) is 4.87. The van der Waals surface area contributed by atoms with Crippen LogP contribution in [0.3, 0.4) is 0 Å². The van der Waals surface area contributed by atoms with Crippen LogP contribution in [0.1, 0.15) is 43.2 Å². The largest absolute Gasteiger partial charge is 0.488 e. The van der Waals surface area contributed by atoms with Crippen LogP contribution >= 0.6 is 0 Å². The number of aromatic nitrogens is 4. The summed E-state index contributed by atoms with van der Waals surface area (Å²) < 4.78 is 13.3. The topological polar surface area (TPSA) is 109 Å². The fraction of sp³-hybridized carbons (Fsp3) is 0.455. The number of ether oxygens (including phenoxy) is 2. The summed E-state index contributed by atoms with van der Waals surface area (Å²) in [4.78, 5) is 22.6. The first-order chi connectivity index (χ1) is 15.1. The second kappa shape index (κ2) is 8.13. The van der Waals surface area contributed by atoms with E-state index in [0.29, 0.717) is 41.4 Å². The molecular weight excluding hydrogens is 396 g/mol. The van der Waals surface area contributed by atoms with Crippen molar-refractivity contribution in [3.63, 3.8) is 0 Å². The molecule has 160 valence electrons.